The van der Waals surface area contributed by atoms with Crippen molar-refractivity contribution in [3.05, 3.63) is 58.9 Å². The van der Waals surface area contributed by atoms with Gasteiger partial charge < -0.3 is 10.1 Å². The summed E-state index contributed by atoms with van der Waals surface area (Å²) in [5.74, 6) is -2.19. The van der Waals surface area contributed by atoms with Gasteiger partial charge in [0.1, 0.15) is 5.82 Å². The van der Waals surface area contributed by atoms with Crippen LogP contribution in [0.4, 0.5) is 15.8 Å². The number of nitrogens with one attached hydrogen (secondary N) is 2. The Morgan fingerprint density at radius 1 is 1.19 bits per heavy atom. The monoisotopic (exact) mass is 414 g/mol. The Morgan fingerprint density at radius 2 is 1.85 bits per heavy atom. The molecule has 0 saturated heterocycles. The van der Waals surface area contributed by atoms with Gasteiger partial charge in [0.05, 0.1) is 22.5 Å². The van der Waals surface area contributed by atoms with Crippen molar-refractivity contribution >= 4 is 44.9 Å². The lowest BCUT2D eigenvalue weighted by Gasteiger charge is -2.15. The van der Waals surface area contributed by atoms with Crippen LogP contribution >= 0.6 is 11.6 Å². The molecule has 10 heteroatoms. The number of ether oxygens (including phenoxy) is 1. The molecule has 0 saturated carbocycles. The van der Waals surface area contributed by atoms with E-state index < -0.39 is 33.8 Å². The molecule has 0 fully saturated rings. The topological polar surface area (TPSA) is 102 Å². The van der Waals surface area contributed by atoms with E-state index >= 15 is 0 Å². The van der Waals surface area contributed by atoms with E-state index in [1.54, 1.807) is 6.07 Å². The predicted molar refractivity (Wildman–Crippen MR) is 99.8 cm³/mol. The number of hydrogen-bond acceptors (Lipinski definition) is 5. The molecule has 27 heavy (non-hydrogen) atoms. The quantitative estimate of drug-likeness (QED) is 0.707. The fraction of sp³-hybridized carbons (Fsp3) is 0.176. The standard InChI is InChI=1S/C17H16ClFN2O5S/c1-10(16(22)20-11-7-8-14(19)13(18)9-11)26-17(23)12-5-3-4-6-15(12)21-27(2,24)25/h3-10,21H,1-2H3,(H,20,22)/t10-/m0/s1. The number of halogens is 2. The molecule has 0 heterocycles. The zero-order chi connectivity index (χ0) is 20.2. The van der Waals surface area contributed by atoms with E-state index in [0.717, 1.165) is 12.3 Å². The van der Waals surface area contributed by atoms with E-state index in [4.69, 9.17) is 16.3 Å². The summed E-state index contributed by atoms with van der Waals surface area (Å²) in [6.45, 7) is 1.34. The number of amides is 1. The zero-order valence-electron chi connectivity index (χ0n) is 14.3. The zero-order valence-corrected chi connectivity index (χ0v) is 15.9. The van der Waals surface area contributed by atoms with Crippen molar-refractivity contribution in [3.63, 3.8) is 0 Å². The second-order valence-electron chi connectivity index (χ2n) is 5.59. The van der Waals surface area contributed by atoms with Crippen LogP contribution in [0.15, 0.2) is 42.5 Å². The first-order valence-electron chi connectivity index (χ1n) is 7.60. The Morgan fingerprint density at radius 3 is 2.48 bits per heavy atom. The highest BCUT2D eigenvalue weighted by molar-refractivity contribution is 7.92. The molecule has 2 aromatic rings. The van der Waals surface area contributed by atoms with E-state index in [1.807, 2.05) is 0 Å². The molecule has 1 amide bonds. The molecule has 0 aliphatic carbocycles. The van der Waals surface area contributed by atoms with Crippen molar-refractivity contribution in [3.8, 4) is 0 Å². The number of rotatable bonds is 6. The number of anilines is 2. The summed E-state index contributed by atoms with van der Waals surface area (Å²) in [6.07, 6.45) is -0.258. The largest absolute Gasteiger partial charge is 0.449 e. The van der Waals surface area contributed by atoms with Crippen molar-refractivity contribution in [2.24, 2.45) is 0 Å². The lowest BCUT2D eigenvalue weighted by Crippen LogP contribution is -2.30. The summed E-state index contributed by atoms with van der Waals surface area (Å²) in [6, 6.07) is 9.42. The molecule has 7 nitrogen and oxygen atoms in total. The Kier molecular flexibility index (Phi) is 6.40. The van der Waals surface area contributed by atoms with Crippen molar-refractivity contribution in [1.29, 1.82) is 0 Å². The van der Waals surface area contributed by atoms with Crippen molar-refractivity contribution < 1.29 is 27.1 Å². The fourth-order valence-electron chi connectivity index (χ4n) is 2.05. The van der Waals surface area contributed by atoms with Crippen LogP contribution in [0, 0.1) is 5.82 Å². The number of benzene rings is 2. The molecule has 1 atom stereocenters. The minimum atomic E-state index is -3.61. The van der Waals surface area contributed by atoms with E-state index in [0.29, 0.717) is 0 Å². The van der Waals surface area contributed by atoms with Gasteiger partial charge in [0.2, 0.25) is 10.0 Å². The van der Waals surface area contributed by atoms with Crippen molar-refractivity contribution in [1.82, 2.24) is 0 Å². The van der Waals surface area contributed by atoms with Gasteiger partial charge in [0.15, 0.2) is 6.10 Å². The average molecular weight is 415 g/mol. The van der Waals surface area contributed by atoms with Crippen LogP contribution in [0.2, 0.25) is 5.02 Å². The Labute approximate surface area is 160 Å². The molecule has 2 aromatic carbocycles. The minimum absolute atomic E-state index is 0.0305. The van der Waals surface area contributed by atoms with Gasteiger partial charge >= 0.3 is 5.97 Å². The first kappa shape index (κ1) is 20.7. The summed E-state index contributed by atoms with van der Waals surface area (Å²) in [4.78, 5) is 24.5. The third-order valence-corrected chi connectivity index (χ3v) is 4.16. The molecule has 2 N–H and O–H groups in total. The smallest absolute Gasteiger partial charge is 0.341 e. The molecule has 0 spiro atoms. The minimum Gasteiger partial charge on any atom is -0.449 e. The second kappa shape index (κ2) is 8.36. The summed E-state index contributed by atoms with van der Waals surface area (Å²) >= 11 is 5.64. The first-order valence-corrected chi connectivity index (χ1v) is 9.87. The molecule has 2 rings (SSSR count). The highest BCUT2D eigenvalue weighted by atomic mass is 35.5. The number of hydrogen-bond donors (Lipinski definition) is 2. The highest BCUT2D eigenvalue weighted by Gasteiger charge is 2.22. The van der Waals surface area contributed by atoms with Gasteiger partial charge in [-0.25, -0.2) is 17.6 Å². The van der Waals surface area contributed by atoms with Crippen LogP contribution in [0.3, 0.4) is 0 Å². The average Bonchev–Trinajstić information content (AvgIpc) is 2.57. The van der Waals surface area contributed by atoms with E-state index in [2.05, 4.69) is 10.0 Å². The van der Waals surface area contributed by atoms with Gasteiger partial charge in [-0.1, -0.05) is 23.7 Å². The molecule has 0 aliphatic rings. The Hall–Kier alpha value is -2.65. The van der Waals surface area contributed by atoms with Gasteiger partial charge in [-0.05, 0) is 37.3 Å². The molecule has 0 bridgehead atoms. The maximum absolute atomic E-state index is 13.1. The third-order valence-electron chi connectivity index (χ3n) is 3.28. The summed E-state index contributed by atoms with van der Waals surface area (Å²) < 4.78 is 43.2. The third kappa shape index (κ3) is 5.93. The van der Waals surface area contributed by atoms with Gasteiger partial charge in [-0.3, -0.25) is 9.52 Å². The summed E-state index contributed by atoms with van der Waals surface area (Å²) in [7, 11) is -3.61. The lowest BCUT2D eigenvalue weighted by atomic mass is 10.2. The Balaban J connectivity index is 2.09. The van der Waals surface area contributed by atoms with Crippen LogP contribution in [-0.2, 0) is 19.6 Å². The first-order chi connectivity index (χ1) is 12.6. The molecular weight excluding hydrogens is 399 g/mol. The number of carbonyl (C=O) groups excluding carboxylic acids is 2. The van der Waals surface area contributed by atoms with E-state index in [9.17, 15) is 22.4 Å². The second-order valence-corrected chi connectivity index (χ2v) is 7.74. The molecule has 0 aliphatic heterocycles. The van der Waals surface area contributed by atoms with Gasteiger partial charge in [0, 0.05) is 5.69 Å². The SMILES string of the molecule is C[C@H](OC(=O)c1ccccc1NS(C)(=O)=O)C(=O)Nc1ccc(F)c(Cl)c1. The maximum atomic E-state index is 13.1. The number of esters is 1. The number of sulfonamides is 1. The predicted octanol–water partition coefficient (Wildman–Crippen LogP) is 3.03. The van der Waals surface area contributed by atoms with Crippen LogP contribution in [0.1, 0.15) is 17.3 Å². The van der Waals surface area contributed by atoms with E-state index in [1.165, 1.54) is 37.3 Å². The van der Waals surface area contributed by atoms with Crippen molar-refractivity contribution in [2.75, 3.05) is 16.3 Å². The van der Waals surface area contributed by atoms with E-state index in [-0.39, 0.29) is 22.0 Å². The van der Waals surface area contributed by atoms with Crippen molar-refractivity contribution in [2.45, 2.75) is 13.0 Å². The van der Waals surface area contributed by atoms with Gasteiger partial charge in [0.25, 0.3) is 5.91 Å². The fourth-order valence-corrected chi connectivity index (χ4v) is 2.80. The van der Waals surface area contributed by atoms with Crippen LogP contribution < -0.4 is 10.0 Å². The van der Waals surface area contributed by atoms with Gasteiger partial charge in [-0.2, -0.15) is 0 Å². The van der Waals surface area contributed by atoms with Crippen LogP contribution in [0.5, 0.6) is 0 Å². The van der Waals surface area contributed by atoms with Crippen LogP contribution in [-0.4, -0.2) is 32.7 Å². The molecule has 0 unspecified atom stereocenters. The summed E-state index contributed by atoms with van der Waals surface area (Å²) in [5, 5.41) is 2.27. The number of carbonyl (C=O) groups is 2. The highest BCUT2D eigenvalue weighted by Crippen LogP contribution is 2.21. The number of para-hydroxylation sites is 1. The summed E-state index contributed by atoms with van der Waals surface area (Å²) in [5.41, 5.74) is 0.212. The molecule has 0 radical (unpaired) electrons. The lowest BCUT2D eigenvalue weighted by molar-refractivity contribution is -0.123. The molecular formula is C17H16ClFN2O5S. The molecule has 144 valence electrons. The van der Waals surface area contributed by atoms with Gasteiger partial charge in [-0.15, -0.1) is 0 Å². The molecule has 0 aromatic heterocycles. The maximum Gasteiger partial charge on any atom is 0.341 e. The van der Waals surface area contributed by atoms with Crippen LogP contribution in [0.25, 0.3) is 0 Å². The Bertz CT molecular complexity index is 981. The normalized spacial score (nSPS) is 12.1.